The average molecular weight is 360 g/mol. The summed E-state index contributed by atoms with van der Waals surface area (Å²) in [5, 5.41) is 15.4. The lowest BCUT2D eigenvalue weighted by Gasteiger charge is -2.31. The number of carboxylic acids is 1. The van der Waals surface area contributed by atoms with Gasteiger partial charge < -0.3 is 15.7 Å². The number of carbonyl (C=O) groups excluding carboxylic acids is 2. The molecule has 0 radical (unpaired) electrons. The van der Waals surface area contributed by atoms with Gasteiger partial charge in [-0.15, -0.1) is 0 Å². The lowest BCUT2D eigenvalue weighted by atomic mass is 9.78. The molecule has 6 heteroatoms. The van der Waals surface area contributed by atoms with Gasteiger partial charge in [0.05, 0.1) is 0 Å². The van der Waals surface area contributed by atoms with E-state index in [-0.39, 0.29) is 24.3 Å². The van der Waals surface area contributed by atoms with Crippen LogP contribution >= 0.6 is 0 Å². The number of hydrogen-bond acceptors (Lipinski definition) is 3. The molecule has 1 aliphatic carbocycles. The molecule has 0 saturated heterocycles. The Morgan fingerprint density at radius 2 is 1.81 bits per heavy atom. The first-order valence-corrected chi connectivity index (χ1v) is 9.24. The number of aliphatic carboxylic acids is 1. The molecule has 0 aromatic heterocycles. The zero-order chi connectivity index (χ0) is 19.2. The fourth-order valence-corrected chi connectivity index (χ4v) is 3.79. The van der Waals surface area contributed by atoms with Crippen molar-refractivity contribution in [2.75, 3.05) is 6.54 Å². The Kier molecular flexibility index (Phi) is 6.77. The molecule has 2 unspecified atom stereocenters. The van der Waals surface area contributed by atoms with E-state index in [0.29, 0.717) is 12.0 Å². The summed E-state index contributed by atoms with van der Waals surface area (Å²) in [6, 6.07) is 8.36. The predicted molar refractivity (Wildman–Crippen MR) is 98.6 cm³/mol. The number of benzene rings is 1. The maximum atomic E-state index is 12.8. The normalized spacial score (nSPS) is 17.9. The van der Waals surface area contributed by atoms with Crippen LogP contribution < -0.4 is 10.6 Å². The molecule has 1 saturated carbocycles. The number of carboxylic acid groups (broad SMARTS) is 1. The number of amides is 2. The monoisotopic (exact) mass is 360 g/mol. The van der Waals surface area contributed by atoms with E-state index < -0.39 is 17.4 Å². The summed E-state index contributed by atoms with van der Waals surface area (Å²) in [4.78, 5) is 36.3. The fourth-order valence-electron chi connectivity index (χ4n) is 3.79. The average Bonchev–Trinajstić information content (AvgIpc) is 3.15. The largest absolute Gasteiger partial charge is 0.481 e. The van der Waals surface area contributed by atoms with E-state index in [4.69, 9.17) is 0 Å². The van der Waals surface area contributed by atoms with E-state index in [1.807, 2.05) is 6.07 Å². The van der Waals surface area contributed by atoms with E-state index in [1.165, 1.54) is 6.92 Å². The molecule has 0 bridgehead atoms. The number of rotatable bonds is 8. The topological polar surface area (TPSA) is 95.5 Å². The lowest BCUT2D eigenvalue weighted by Crippen LogP contribution is -2.54. The standard InChI is InChI=1S/C20H28N2O4/c1-3-20(19(25)26,16-11-5-4-6-12-16)13-21-18(24)17(22-14(2)23)15-9-7-8-10-15/h4-6,11-12,15,17H,3,7-10,13H2,1-2H3,(H,21,24)(H,22,23)(H,25,26). The first kappa shape index (κ1) is 19.9. The van der Waals surface area contributed by atoms with Crippen LogP contribution in [-0.4, -0.2) is 35.5 Å². The van der Waals surface area contributed by atoms with Crippen LogP contribution in [0.4, 0.5) is 0 Å². The van der Waals surface area contributed by atoms with Gasteiger partial charge in [-0.1, -0.05) is 50.1 Å². The lowest BCUT2D eigenvalue weighted by molar-refractivity contribution is -0.144. The predicted octanol–water partition coefficient (Wildman–Crippen LogP) is 2.23. The van der Waals surface area contributed by atoms with Crippen LogP contribution in [0.2, 0.25) is 0 Å². The molecule has 0 aliphatic heterocycles. The third-order valence-electron chi connectivity index (χ3n) is 5.42. The SMILES string of the molecule is CCC(CNC(=O)C(NC(C)=O)C1CCCC1)(C(=O)O)c1ccccc1. The van der Waals surface area contributed by atoms with Gasteiger partial charge in [-0.2, -0.15) is 0 Å². The molecule has 1 aromatic carbocycles. The molecule has 142 valence electrons. The molecule has 2 atom stereocenters. The molecule has 2 rings (SSSR count). The molecule has 1 aliphatic rings. The molecular formula is C20H28N2O4. The van der Waals surface area contributed by atoms with Crippen LogP contribution in [0.15, 0.2) is 30.3 Å². The van der Waals surface area contributed by atoms with Crippen LogP contribution in [0.5, 0.6) is 0 Å². The second kappa shape index (κ2) is 8.83. The zero-order valence-electron chi connectivity index (χ0n) is 15.5. The minimum Gasteiger partial charge on any atom is -0.481 e. The van der Waals surface area contributed by atoms with Crippen LogP contribution in [0.25, 0.3) is 0 Å². The molecular weight excluding hydrogens is 332 g/mol. The molecule has 26 heavy (non-hydrogen) atoms. The number of nitrogens with one attached hydrogen (secondary N) is 2. The molecule has 6 nitrogen and oxygen atoms in total. The van der Waals surface area contributed by atoms with E-state index in [1.54, 1.807) is 31.2 Å². The molecule has 1 fully saturated rings. The summed E-state index contributed by atoms with van der Waals surface area (Å²) in [5.41, 5.74) is -0.528. The van der Waals surface area contributed by atoms with E-state index in [9.17, 15) is 19.5 Å². The van der Waals surface area contributed by atoms with Gasteiger partial charge in [0.1, 0.15) is 11.5 Å². The first-order valence-electron chi connectivity index (χ1n) is 9.24. The van der Waals surface area contributed by atoms with Crippen molar-refractivity contribution >= 4 is 17.8 Å². The Hall–Kier alpha value is -2.37. The first-order chi connectivity index (χ1) is 12.4. The quantitative estimate of drug-likeness (QED) is 0.662. The van der Waals surface area contributed by atoms with Crippen molar-refractivity contribution < 1.29 is 19.5 Å². The molecule has 2 amide bonds. The van der Waals surface area contributed by atoms with Crippen LogP contribution in [0, 0.1) is 5.92 Å². The summed E-state index contributed by atoms with van der Waals surface area (Å²) in [7, 11) is 0. The van der Waals surface area contributed by atoms with E-state index in [2.05, 4.69) is 10.6 Å². The van der Waals surface area contributed by atoms with Gasteiger partial charge in [0.25, 0.3) is 0 Å². The Balaban J connectivity index is 2.17. The van der Waals surface area contributed by atoms with Crippen molar-refractivity contribution in [3.63, 3.8) is 0 Å². The molecule has 0 spiro atoms. The zero-order valence-corrected chi connectivity index (χ0v) is 15.5. The molecule has 3 N–H and O–H groups in total. The third kappa shape index (κ3) is 4.42. The van der Waals surface area contributed by atoms with Crippen molar-refractivity contribution in [2.24, 2.45) is 5.92 Å². The highest BCUT2D eigenvalue weighted by Gasteiger charge is 2.40. The van der Waals surface area contributed by atoms with Crippen LogP contribution in [-0.2, 0) is 19.8 Å². The van der Waals surface area contributed by atoms with Gasteiger partial charge in [0.2, 0.25) is 11.8 Å². The maximum absolute atomic E-state index is 12.8. The van der Waals surface area contributed by atoms with Gasteiger partial charge in [-0.3, -0.25) is 14.4 Å². The summed E-state index contributed by atoms with van der Waals surface area (Å²) >= 11 is 0. The number of carbonyl (C=O) groups is 3. The highest BCUT2D eigenvalue weighted by molar-refractivity contribution is 5.88. The minimum atomic E-state index is -1.19. The molecule has 0 heterocycles. The van der Waals surface area contributed by atoms with Crippen molar-refractivity contribution in [1.82, 2.24) is 10.6 Å². The Morgan fingerprint density at radius 3 is 2.31 bits per heavy atom. The Morgan fingerprint density at radius 1 is 1.19 bits per heavy atom. The fraction of sp³-hybridized carbons (Fsp3) is 0.550. The minimum absolute atomic E-state index is 0.00944. The van der Waals surface area contributed by atoms with Crippen LogP contribution in [0.3, 0.4) is 0 Å². The summed E-state index contributed by atoms with van der Waals surface area (Å²) in [6.07, 6.45) is 4.24. The van der Waals surface area contributed by atoms with Gasteiger partial charge in [0, 0.05) is 13.5 Å². The smallest absolute Gasteiger partial charge is 0.315 e. The summed E-state index contributed by atoms with van der Waals surface area (Å²) in [6.45, 7) is 3.19. The summed E-state index contributed by atoms with van der Waals surface area (Å²) < 4.78 is 0. The van der Waals surface area contributed by atoms with E-state index in [0.717, 1.165) is 25.7 Å². The third-order valence-corrected chi connectivity index (χ3v) is 5.42. The highest BCUT2D eigenvalue weighted by atomic mass is 16.4. The second-order valence-corrected chi connectivity index (χ2v) is 7.05. The molecule has 1 aromatic rings. The van der Waals surface area contributed by atoms with Gasteiger partial charge >= 0.3 is 5.97 Å². The maximum Gasteiger partial charge on any atom is 0.315 e. The van der Waals surface area contributed by atoms with Crippen molar-refractivity contribution in [3.05, 3.63) is 35.9 Å². The van der Waals surface area contributed by atoms with Crippen molar-refractivity contribution in [3.8, 4) is 0 Å². The van der Waals surface area contributed by atoms with E-state index >= 15 is 0 Å². The van der Waals surface area contributed by atoms with Crippen molar-refractivity contribution in [2.45, 2.75) is 57.4 Å². The van der Waals surface area contributed by atoms with Crippen LogP contribution in [0.1, 0.15) is 51.5 Å². The number of hydrogen-bond donors (Lipinski definition) is 3. The second-order valence-electron chi connectivity index (χ2n) is 7.05. The highest BCUT2D eigenvalue weighted by Crippen LogP contribution is 2.30. The van der Waals surface area contributed by atoms with Gasteiger partial charge in [-0.25, -0.2) is 0 Å². The Bertz CT molecular complexity index is 640. The van der Waals surface area contributed by atoms with Crippen molar-refractivity contribution in [1.29, 1.82) is 0 Å². The Labute approximate surface area is 154 Å². The van der Waals surface area contributed by atoms with Gasteiger partial charge in [0.15, 0.2) is 0 Å². The van der Waals surface area contributed by atoms with Gasteiger partial charge in [-0.05, 0) is 30.7 Å². The summed E-state index contributed by atoms with van der Waals surface area (Å²) in [5.74, 6) is -1.41.